The highest BCUT2D eigenvalue weighted by Gasteiger charge is 2.41. The Kier molecular flexibility index (Phi) is 7.71. The van der Waals surface area contributed by atoms with E-state index >= 15 is 0 Å². The Morgan fingerprint density at radius 3 is 2.42 bits per heavy atom. The van der Waals surface area contributed by atoms with E-state index in [9.17, 15) is 9.90 Å². The van der Waals surface area contributed by atoms with Gasteiger partial charge in [0.05, 0.1) is 17.1 Å². The maximum absolute atomic E-state index is 11.3. The lowest BCUT2D eigenvalue weighted by atomic mass is 9.79. The lowest BCUT2D eigenvalue weighted by molar-refractivity contribution is 0.0697. The molecule has 3 aromatic rings. The number of halogens is 2. The van der Waals surface area contributed by atoms with E-state index in [-0.39, 0.29) is 17.0 Å². The van der Waals surface area contributed by atoms with Crippen molar-refractivity contribution in [1.29, 1.82) is 0 Å². The van der Waals surface area contributed by atoms with Gasteiger partial charge in [0.15, 0.2) is 5.82 Å². The van der Waals surface area contributed by atoms with Crippen molar-refractivity contribution in [1.82, 2.24) is 20.2 Å². The van der Waals surface area contributed by atoms with Crippen molar-refractivity contribution in [3.05, 3.63) is 75.5 Å². The van der Waals surface area contributed by atoms with Crippen LogP contribution in [0.2, 0.25) is 10.0 Å². The minimum absolute atomic E-state index is 0.149. The summed E-state index contributed by atoms with van der Waals surface area (Å²) in [6.07, 6.45) is 9.07. The molecule has 0 aliphatic heterocycles. The summed E-state index contributed by atoms with van der Waals surface area (Å²) in [6.45, 7) is 6.47. The average Bonchev–Trinajstić information content (AvgIpc) is 3.31. The standard InChI is InChI=1S/C27H31Cl2N5O2/c1-26(2,3)23(14-10-18-7-11-20(28)17-22(18)29)34-25(31-32-33-34)27(15-5-4-6-16-27)30-21-12-8-19(9-13-21)24(35)36/h7-14,17,23,30H,4-6,15-16H2,1-3H3,(H,35,36)/b14-10+. The van der Waals surface area contributed by atoms with Gasteiger partial charge in [0.25, 0.3) is 0 Å². The lowest BCUT2D eigenvalue weighted by Crippen LogP contribution is -2.42. The summed E-state index contributed by atoms with van der Waals surface area (Å²) in [4.78, 5) is 11.3. The molecule has 1 heterocycles. The molecular weight excluding hydrogens is 497 g/mol. The largest absolute Gasteiger partial charge is 0.478 e. The van der Waals surface area contributed by atoms with Crippen molar-refractivity contribution < 1.29 is 9.90 Å². The van der Waals surface area contributed by atoms with Crippen molar-refractivity contribution >= 4 is 40.9 Å². The van der Waals surface area contributed by atoms with Gasteiger partial charge in [-0.2, -0.15) is 0 Å². The quantitative estimate of drug-likeness (QED) is 0.336. The summed E-state index contributed by atoms with van der Waals surface area (Å²) in [5.41, 5.74) is 1.29. The zero-order valence-corrected chi connectivity index (χ0v) is 22.2. The second-order valence-corrected chi connectivity index (χ2v) is 11.3. The second-order valence-electron chi connectivity index (χ2n) is 10.4. The number of anilines is 1. The first-order chi connectivity index (χ1) is 17.1. The molecule has 7 nitrogen and oxygen atoms in total. The number of benzene rings is 2. The maximum atomic E-state index is 11.3. The fraction of sp³-hybridized carbons (Fsp3) is 0.407. The Morgan fingerprint density at radius 1 is 1.11 bits per heavy atom. The van der Waals surface area contributed by atoms with Crippen LogP contribution in [-0.2, 0) is 5.54 Å². The second kappa shape index (κ2) is 10.6. The molecule has 2 N–H and O–H groups in total. The van der Waals surface area contributed by atoms with E-state index in [2.05, 4.69) is 47.7 Å². The molecule has 0 bridgehead atoms. The molecule has 0 amide bonds. The number of nitrogens with one attached hydrogen (secondary N) is 1. The number of aromatic carboxylic acids is 1. The third kappa shape index (κ3) is 5.73. The van der Waals surface area contributed by atoms with Gasteiger partial charge in [0, 0.05) is 15.7 Å². The minimum Gasteiger partial charge on any atom is -0.478 e. The Labute approximate surface area is 221 Å². The summed E-state index contributed by atoms with van der Waals surface area (Å²) in [5, 5.41) is 27.2. The van der Waals surface area contributed by atoms with E-state index in [0.29, 0.717) is 10.0 Å². The summed E-state index contributed by atoms with van der Waals surface area (Å²) in [6, 6.07) is 12.1. The number of hydrogen-bond donors (Lipinski definition) is 2. The van der Waals surface area contributed by atoms with Gasteiger partial charge in [-0.3, -0.25) is 0 Å². The molecule has 1 fully saturated rings. The van der Waals surface area contributed by atoms with E-state index in [0.717, 1.165) is 49.2 Å². The molecule has 1 aromatic heterocycles. The molecule has 9 heteroatoms. The van der Waals surface area contributed by atoms with Crippen LogP contribution in [0.5, 0.6) is 0 Å². The van der Waals surface area contributed by atoms with Crippen LogP contribution in [0.15, 0.2) is 48.5 Å². The maximum Gasteiger partial charge on any atom is 0.335 e. The van der Waals surface area contributed by atoms with Crippen molar-refractivity contribution in [3.63, 3.8) is 0 Å². The van der Waals surface area contributed by atoms with Crippen molar-refractivity contribution in [2.45, 2.75) is 64.5 Å². The van der Waals surface area contributed by atoms with Crippen molar-refractivity contribution in [2.75, 3.05) is 5.32 Å². The Balaban J connectivity index is 1.73. The van der Waals surface area contributed by atoms with Crippen LogP contribution < -0.4 is 5.32 Å². The fourth-order valence-electron chi connectivity index (χ4n) is 4.80. The van der Waals surface area contributed by atoms with Crippen LogP contribution in [0.3, 0.4) is 0 Å². The minimum atomic E-state index is -0.946. The van der Waals surface area contributed by atoms with Crippen LogP contribution in [0, 0.1) is 5.41 Å². The molecule has 4 rings (SSSR count). The smallest absolute Gasteiger partial charge is 0.335 e. The molecule has 0 radical (unpaired) electrons. The van der Waals surface area contributed by atoms with Gasteiger partial charge in [-0.1, -0.05) is 81.5 Å². The zero-order chi connectivity index (χ0) is 25.9. The zero-order valence-electron chi connectivity index (χ0n) is 20.7. The molecule has 0 saturated heterocycles. The van der Waals surface area contributed by atoms with Crippen LogP contribution in [0.25, 0.3) is 6.08 Å². The summed E-state index contributed by atoms with van der Waals surface area (Å²) in [7, 11) is 0. The average molecular weight is 528 g/mol. The van der Waals surface area contributed by atoms with E-state index in [1.165, 1.54) is 0 Å². The molecule has 2 aromatic carbocycles. The highest BCUT2D eigenvalue weighted by Crippen LogP contribution is 2.42. The number of carboxylic acid groups (broad SMARTS) is 1. The van der Waals surface area contributed by atoms with Gasteiger partial charge < -0.3 is 10.4 Å². The number of aromatic nitrogens is 4. The summed E-state index contributed by atoms with van der Waals surface area (Å²) >= 11 is 12.5. The van der Waals surface area contributed by atoms with Crippen LogP contribution >= 0.6 is 23.2 Å². The first-order valence-electron chi connectivity index (χ1n) is 12.1. The van der Waals surface area contributed by atoms with Crippen LogP contribution in [0.1, 0.15) is 80.7 Å². The normalized spacial score (nSPS) is 16.7. The molecule has 1 aliphatic rings. The fourth-order valence-corrected chi connectivity index (χ4v) is 5.27. The SMILES string of the molecule is CC(C)(C)C(/C=C/c1ccc(Cl)cc1Cl)n1nnnc1C1(Nc2ccc(C(=O)O)cc2)CCCCC1. The highest BCUT2D eigenvalue weighted by molar-refractivity contribution is 6.35. The van der Waals surface area contributed by atoms with E-state index in [4.69, 9.17) is 23.2 Å². The Morgan fingerprint density at radius 2 is 1.81 bits per heavy atom. The summed E-state index contributed by atoms with van der Waals surface area (Å²) < 4.78 is 1.92. The molecule has 190 valence electrons. The Bertz CT molecular complexity index is 1240. The van der Waals surface area contributed by atoms with E-state index < -0.39 is 11.5 Å². The molecule has 36 heavy (non-hydrogen) atoms. The molecule has 1 saturated carbocycles. The number of allylic oxidation sites excluding steroid dienone is 1. The molecule has 1 atom stereocenters. The van der Waals surface area contributed by atoms with Crippen molar-refractivity contribution in [2.24, 2.45) is 5.41 Å². The summed E-state index contributed by atoms with van der Waals surface area (Å²) in [5.74, 6) is -0.172. The number of carbonyl (C=O) groups is 1. The first-order valence-corrected chi connectivity index (χ1v) is 12.9. The van der Waals surface area contributed by atoms with Gasteiger partial charge in [0.1, 0.15) is 0 Å². The van der Waals surface area contributed by atoms with E-state index in [1.807, 2.05) is 22.9 Å². The van der Waals surface area contributed by atoms with Crippen molar-refractivity contribution in [3.8, 4) is 0 Å². The topological polar surface area (TPSA) is 92.9 Å². The number of carboxylic acids is 1. The molecule has 1 aliphatic carbocycles. The third-order valence-electron chi connectivity index (χ3n) is 6.71. The lowest BCUT2D eigenvalue weighted by Gasteiger charge is -2.39. The van der Waals surface area contributed by atoms with Crippen LogP contribution in [0.4, 0.5) is 5.69 Å². The monoisotopic (exact) mass is 527 g/mol. The predicted octanol–water partition coefficient (Wildman–Crippen LogP) is 7.25. The highest BCUT2D eigenvalue weighted by atomic mass is 35.5. The van der Waals surface area contributed by atoms with Gasteiger partial charge in [-0.15, -0.1) is 5.10 Å². The number of tetrazole rings is 1. The predicted molar refractivity (Wildman–Crippen MR) is 144 cm³/mol. The Hall–Kier alpha value is -2.90. The van der Waals surface area contributed by atoms with Gasteiger partial charge >= 0.3 is 5.97 Å². The van der Waals surface area contributed by atoms with Gasteiger partial charge in [-0.25, -0.2) is 9.48 Å². The molecule has 1 unspecified atom stereocenters. The molecule has 0 spiro atoms. The van der Waals surface area contributed by atoms with Gasteiger partial charge in [0.2, 0.25) is 0 Å². The van der Waals surface area contributed by atoms with E-state index in [1.54, 1.807) is 30.3 Å². The van der Waals surface area contributed by atoms with Gasteiger partial charge in [-0.05, 0) is 70.6 Å². The number of nitrogens with zero attached hydrogens (tertiary/aromatic N) is 4. The number of hydrogen-bond acceptors (Lipinski definition) is 5. The first kappa shape index (κ1) is 26.2. The number of rotatable bonds is 7. The third-order valence-corrected chi connectivity index (χ3v) is 7.28. The van der Waals surface area contributed by atoms with Crippen LogP contribution in [-0.4, -0.2) is 31.3 Å². The molecular formula is C27H31Cl2N5O2.